The van der Waals surface area contributed by atoms with E-state index in [0.717, 1.165) is 10.6 Å². The van der Waals surface area contributed by atoms with Crippen LogP contribution in [0.15, 0.2) is 53.6 Å². The molecule has 0 aliphatic rings. The van der Waals surface area contributed by atoms with Gasteiger partial charge in [-0.25, -0.2) is 4.98 Å². The van der Waals surface area contributed by atoms with Crippen LogP contribution in [0.2, 0.25) is 0 Å². The topological polar surface area (TPSA) is 127 Å². The van der Waals surface area contributed by atoms with Crippen molar-refractivity contribution in [3.63, 3.8) is 0 Å². The molecule has 0 saturated carbocycles. The summed E-state index contributed by atoms with van der Waals surface area (Å²) in [6.07, 6.45) is 1.22. The number of phenolic OH excluding ortho intramolecular Hbond substituents is 1. The lowest BCUT2D eigenvalue weighted by molar-refractivity contribution is -0.384. The zero-order chi connectivity index (χ0) is 18.0. The number of carbonyl (C=O) groups is 1. The summed E-state index contributed by atoms with van der Waals surface area (Å²) in [5, 5.41) is 22.7. The molecular weight excluding hydrogens is 328 g/mol. The fraction of sp³-hybridized carbons (Fsp3) is 0.0625. The Labute approximate surface area is 140 Å². The number of rotatable bonds is 4. The van der Waals surface area contributed by atoms with Crippen LogP contribution in [0.3, 0.4) is 0 Å². The van der Waals surface area contributed by atoms with Crippen molar-refractivity contribution >= 4 is 28.2 Å². The molecule has 0 saturated heterocycles. The number of non-ortho nitro benzene ring substituents is 1. The lowest BCUT2D eigenvalue weighted by Crippen LogP contribution is -2.27. The standard InChI is InChI=1S/C16H12N4O5/c21-12-4-1-10(2-5-12)18-15(22)8-19-9-17-14-6-3-11(20(24)25)7-13(14)16(19)23/h1-7,9,21H,8H2,(H,18,22). The van der Waals surface area contributed by atoms with Crippen LogP contribution in [0.25, 0.3) is 10.9 Å². The van der Waals surface area contributed by atoms with Crippen LogP contribution in [0.4, 0.5) is 11.4 Å². The van der Waals surface area contributed by atoms with Crippen LogP contribution in [-0.2, 0) is 11.3 Å². The highest BCUT2D eigenvalue weighted by molar-refractivity contribution is 5.90. The number of benzene rings is 2. The van der Waals surface area contributed by atoms with Gasteiger partial charge in [0.05, 0.1) is 22.2 Å². The van der Waals surface area contributed by atoms with Crippen LogP contribution in [0.5, 0.6) is 5.75 Å². The summed E-state index contributed by atoms with van der Waals surface area (Å²) < 4.78 is 1.07. The molecule has 1 amide bonds. The van der Waals surface area contributed by atoms with Crippen LogP contribution >= 0.6 is 0 Å². The third-order valence-electron chi connectivity index (χ3n) is 3.48. The Morgan fingerprint density at radius 1 is 1.24 bits per heavy atom. The molecule has 0 aliphatic carbocycles. The molecule has 2 aromatic carbocycles. The second-order valence-corrected chi connectivity index (χ2v) is 5.23. The number of hydrogen-bond donors (Lipinski definition) is 2. The largest absolute Gasteiger partial charge is 0.508 e. The molecule has 2 N–H and O–H groups in total. The molecule has 1 heterocycles. The number of hydrogen-bond acceptors (Lipinski definition) is 6. The Morgan fingerprint density at radius 2 is 1.96 bits per heavy atom. The first-order chi connectivity index (χ1) is 11.9. The average molecular weight is 340 g/mol. The van der Waals surface area contributed by atoms with Gasteiger partial charge >= 0.3 is 0 Å². The van der Waals surface area contributed by atoms with Crippen LogP contribution in [0, 0.1) is 10.1 Å². The van der Waals surface area contributed by atoms with Crippen molar-refractivity contribution < 1.29 is 14.8 Å². The van der Waals surface area contributed by atoms with Gasteiger partial charge in [-0.05, 0) is 30.3 Å². The molecule has 0 spiro atoms. The Hall–Kier alpha value is -3.75. The molecule has 0 bridgehead atoms. The van der Waals surface area contributed by atoms with E-state index in [1.165, 1.54) is 42.7 Å². The highest BCUT2D eigenvalue weighted by Crippen LogP contribution is 2.16. The molecule has 9 heteroatoms. The van der Waals surface area contributed by atoms with Gasteiger partial charge in [-0.2, -0.15) is 0 Å². The van der Waals surface area contributed by atoms with E-state index < -0.39 is 16.4 Å². The van der Waals surface area contributed by atoms with E-state index in [-0.39, 0.29) is 23.4 Å². The number of nitro benzene ring substituents is 1. The zero-order valence-corrected chi connectivity index (χ0v) is 12.7. The highest BCUT2D eigenvalue weighted by atomic mass is 16.6. The lowest BCUT2D eigenvalue weighted by atomic mass is 10.2. The van der Waals surface area contributed by atoms with Gasteiger partial charge in [0, 0.05) is 17.8 Å². The minimum absolute atomic E-state index is 0.0640. The van der Waals surface area contributed by atoms with Crippen molar-refractivity contribution in [3.8, 4) is 5.75 Å². The minimum atomic E-state index is -0.603. The van der Waals surface area contributed by atoms with Crippen molar-refractivity contribution in [1.29, 1.82) is 0 Å². The van der Waals surface area contributed by atoms with Crippen molar-refractivity contribution in [2.45, 2.75) is 6.54 Å². The number of amides is 1. The Kier molecular flexibility index (Phi) is 4.12. The number of anilines is 1. The van der Waals surface area contributed by atoms with Gasteiger partial charge in [-0.1, -0.05) is 0 Å². The zero-order valence-electron chi connectivity index (χ0n) is 12.7. The molecule has 1 aromatic heterocycles. The van der Waals surface area contributed by atoms with Crippen LogP contribution in [-0.4, -0.2) is 25.5 Å². The predicted molar refractivity (Wildman–Crippen MR) is 89.4 cm³/mol. The summed E-state index contributed by atoms with van der Waals surface area (Å²) in [7, 11) is 0. The smallest absolute Gasteiger partial charge is 0.270 e. The van der Waals surface area contributed by atoms with Crippen molar-refractivity contribution in [2.24, 2.45) is 0 Å². The number of carbonyl (C=O) groups excluding carboxylic acids is 1. The first-order valence-corrected chi connectivity index (χ1v) is 7.16. The van der Waals surface area contributed by atoms with Gasteiger partial charge in [0.15, 0.2) is 0 Å². The molecule has 3 aromatic rings. The Bertz CT molecular complexity index is 1030. The quantitative estimate of drug-likeness (QED) is 0.422. The first kappa shape index (κ1) is 16.1. The third kappa shape index (κ3) is 3.44. The van der Waals surface area contributed by atoms with E-state index in [1.54, 1.807) is 0 Å². The van der Waals surface area contributed by atoms with E-state index >= 15 is 0 Å². The van der Waals surface area contributed by atoms with Gasteiger partial charge in [0.25, 0.3) is 11.2 Å². The number of nitrogens with zero attached hydrogens (tertiary/aromatic N) is 3. The maximum Gasteiger partial charge on any atom is 0.270 e. The number of nitrogens with one attached hydrogen (secondary N) is 1. The summed E-state index contributed by atoms with van der Waals surface area (Å²) in [4.78, 5) is 38.8. The Balaban J connectivity index is 1.86. The monoisotopic (exact) mass is 340 g/mol. The van der Waals surface area contributed by atoms with Crippen molar-refractivity contribution in [3.05, 3.63) is 69.3 Å². The molecule has 0 unspecified atom stereocenters. The normalized spacial score (nSPS) is 10.6. The predicted octanol–water partition coefficient (Wildman–Crippen LogP) is 1.65. The molecule has 0 aliphatic heterocycles. The lowest BCUT2D eigenvalue weighted by Gasteiger charge is -2.08. The molecule has 126 valence electrons. The maximum atomic E-state index is 12.4. The molecule has 0 atom stereocenters. The molecule has 9 nitrogen and oxygen atoms in total. The van der Waals surface area contributed by atoms with Crippen LogP contribution in [0.1, 0.15) is 0 Å². The van der Waals surface area contributed by atoms with E-state index in [9.17, 15) is 24.8 Å². The van der Waals surface area contributed by atoms with E-state index in [4.69, 9.17) is 0 Å². The van der Waals surface area contributed by atoms with E-state index in [1.807, 2.05) is 0 Å². The molecule has 25 heavy (non-hydrogen) atoms. The van der Waals surface area contributed by atoms with Gasteiger partial charge < -0.3 is 10.4 Å². The molecule has 0 radical (unpaired) electrons. The van der Waals surface area contributed by atoms with Gasteiger partial charge in [0.1, 0.15) is 12.3 Å². The second kappa shape index (κ2) is 6.40. The van der Waals surface area contributed by atoms with Crippen molar-refractivity contribution in [2.75, 3.05) is 5.32 Å². The molecule has 3 rings (SSSR count). The number of aromatic hydroxyl groups is 1. The SMILES string of the molecule is O=C(Cn1cnc2ccc([N+](=O)[O-])cc2c1=O)Nc1ccc(O)cc1. The van der Waals surface area contributed by atoms with Gasteiger partial charge in [0.2, 0.25) is 5.91 Å². The molecular formula is C16H12N4O5. The molecule has 0 fully saturated rings. The highest BCUT2D eigenvalue weighted by Gasteiger charge is 2.12. The number of aromatic nitrogens is 2. The van der Waals surface area contributed by atoms with E-state index in [0.29, 0.717) is 11.2 Å². The van der Waals surface area contributed by atoms with E-state index in [2.05, 4.69) is 10.3 Å². The fourth-order valence-electron chi connectivity index (χ4n) is 2.27. The summed E-state index contributed by atoms with van der Waals surface area (Å²) in [5.74, 6) is -0.408. The number of fused-ring (bicyclic) bond motifs is 1. The van der Waals surface area contributed by atoms with Gasteiger partial charge in [-0.15, -0.1) is 0 Å². The Morgan fingerprint density at radius 3 is 2.64 bits per heavy atom. The van der Waals surface area contributed by atoms with Crippen LogP contribution < -0.4 is 10.9 Å². The van der Waals surface area contributed by atoms with Gasteiger partial charge in [-0.3, -0.25) is 24.3 Å². The summed E-state index contributed by atoms with van der Waals surface area (Å²) >= 11 is 0. The summed E-state index contributed by atoms with van der Waals surface area (Å²) in [5.41, 5.74) is -0.00159. The number of phenols is 1. The fourth-order valence-corrected chi connectivity index (χ4v) is 2.27. The third-order valence-corrected chi connectivity index (χ3v) is 3.48. The van der Waals surface area contributed by atoms with Crippen molar-refractivity contribution in [1.82, 2.24) is 9.55 Å². The number of nitro groups is 1. The second-order valence-electron chi connectivity index (χ2n) is 5.23. The first-order valence-electron chi connectivity index (χ1n) is 7.16. The average Bonchev–Trinajstić information content (AvgIpc) is 2.59. The minimum Gasteiger partial charge on any atom is -0.508 e. The summed E-state index contributed by atoms with van der Waals surface area (Å²) in [6, 6.07) is 9.64. The maximum absolute atomic E-state index is 12.4. The summed E-state index contributed by atoms with van der Waals surface area (Å²) in [6.45, 7) is -0.300.